The first kappa shape index (κ1) is 17.8. The van der Waals surface area contributed by atoms with Gasteiger partial charge in [0, 0.05) is 12.0 Å². The number of nitrogens with one attached hydrogen (secondary N) is 1. The van der Waals surface area contributed by atoms with E-state index in [0.29, 0.717) is 18.5 Å². The number of piperidine rings is 1. The summed E-state index contributed by atoms with van der Waals surface area (Å²) >= 11 is 0. The maximum atomic E-state index is 13.2. The number of hydrogen-bond acceptors (Lipinski definition) is 2. The van der Waals surface area contributed by atoms with Gasteiger partial charge >= 0.3 is 0 Å². The summed E-state index contributed by atoms with van der Waals surface area (Å²) < 4.78 is 0. The lowest BCUT2D eigenvalue weighted by atomic mass is 9.72. The van der Waals surface area contributed by atoms with Crippen LogP contribution >= 0.6 is 0 Å². The number of hydrogen-bond donors (Lipinski definition) is 2. The van der Waals surface area contributed by atoms with E-state index in [1.54, 1.807) is 0 Å². The second-order valence-electron chi connectivity index (χ2n) is 7.13. The number of carbonyl (C=O) groups is 1. The zero-order valence-electron chi connectivity index (χ0n) is 14.9. The van der Waals surface area contributed by atoms with Gasteiger partial charge in [-0.25, -0.2) is 0 Å². The van der Waals surface area contributed by atoms with Crippen LogP contribution in [0.3, 0.4) is 0 Å². The Morgan fingerprint density at radius 1 is 1.12 bits per heavy atom. The number of ketones is 1. The third-order valence-corrected chi connectivity index (χ3v) is 5.46. The van der Waals surface area contributed by atoms with E-state index in [1.165, 1.54) is 4.90 Å². The molecule has 0 bridgehead atoms. The van der Waals surface area contributed by atoms with Gasteiger partial charge < -0.3 is 10.0 Å². The van der Waals surface area contributed by atoms with Crippen LogP contribution in [0.4, 0.5) is 0 Å². The Kier molecular flexibility index (Phi) is 5.67. The van der Waals surface area contributed by atoms with Crippen LogP contribution in [0.15, 0.2) is 60.7 Å². The quantitative estimate of drug-likeness (QED) is 0.795. The summed E-state index contributed by atoms with van der Waals surface area (Å²) in [5, 5.41) is 11.5. The minimum absolute atomic E-state index is 0.0562. The number of benzene rings is 2. The standard InChI is InChI=1S/C22H27NO2/c1-2-3-15-23-16-14-22(25,19-12-8-5-9-13-19)20(17-23)21(24)18-10-6-4-7-11-18/h4-13,20,25H,2-3,14-17H2,1H3/p+1/t20-,22+/m0/s1. The number of rotatable bonds is 6. The van der Waals surface area contributed by atoms with E-state index in [4.69, 9.17) is 0 Å². The average molecular weight is 338 g/mol. The van der Waals surface area contributed by atoms with Gasteiger partial charge in [-0.05, 0) is 12.0 Å². The molecule has 0 amide bonds. The Labute approximate surface area is 150 Å². The van der Waals surface area contributed by atoms with Gasteiger partial charge in [-0.2, -0.15) is 0 Å². The first-order valence-electron chi connectivity index (χ1n) is 9.36. The second kappa shape index (κ2) is 7.94. The summed E-state index contributed by atoms with van der Waals surface area (Å²) in [5.41, 5.74) is 0.474. The molecule has 1 fully saturated rings. The van der Waals surface area contributed by atoms with Crippen LogP contribution in [0.5, 0.6) is 0 Å². The molecule has 2 N–H and O–H groups in total. The van der Waals surface area contributed by atoms with Crippen LogP contribution in [-0.2, 0) is 5.60 Å². The number of carbonyl (C=O) groups excluding carboxylic acids is 1. The van der Waals surface area contributed by atoms with Crippen LogP contribution in [0, 0.1) is 5.92 Å². The van der Waals surface area contributed by atoms with Crippen molar-refractivity contribution in [3.8, 4) is 0 Å². The molecule has 1 unspecified atom stereocenters. The molecule has 0 spiro atoms. The van der Waals surface area contributed by atoms with Crippen molar-refractivity contribution in [1.82, 2.24) is 0 Å². The lowest BCUT2D eigenvalue weighted by Crippen LogP contribution is -3.14. The molecule has 3 nitrogen and oxygen atoms in total. The highest BCUT2D eigenvalue weighted by Crippen LogP contribution is 2.36. The molecule has 3 atom stereocenters. The summed E-state index contributed by atoms with van der Waals surface area (Å²) in [6.07, 6.45) is 2.94. The van der Waals surface area contributed by atoms with E-state index in [9.17, 15) is 9.90 Å². The summed E-state index contributed by atoms with van der Waals surface area (Å²) in [6, 6.07) is 19.1. The second-order valence-corrected chi connectivity index (χ2v) is 7.13. The predicted molar refractivity (Wildman–Crippen MR) is 99.7 cm³/mol. The van der Waals surface area contributed by atoms with Gasteiger partial charge in [-0.3, -0.25) is 4.79 Å². The first-order valence-corrected chi connectivity index (χ1v) is 9.36. The summed E-state index contributed by atoms with van der Waals surface area (Å²) in [7, 11) is 0. The van der Waals surface area contributed by atoms with Crippen molar-refractivity contribution in [2.45, 2.75) is 31.8 Å². The molecule has 0 aromatic heterocycles. The molecule has 1 aliphatic heterocycles. The highest BCUT2D eigenvalue weighted by atomic mass is 16.3. The normalized spacial score (nSPS) is 26.3. The van der Waals surface area contributed by atoms with E-state index in [0.717, 1.165) is 31.5 Å². The number of likely N-dealkylation sites (tertiary alicyclic amines) is 1. The molecule has 0 aliphatic carbocycles. The topological polar surface area (TPSA) is 41.7 Å². The van der Waals surface area contributed by atoms with Gasteiger partial charge in [0.25, 0.3) is 0 Å². The van der Waals surface area contributed by atoms with E-state index < -0.39 is 11.5 Å². The molecule has 2 aromatic carbocycles. The zero-order chi connectivity index (χ0) is 17.7. The summed E-state index contributed by atoms with van der Waals surface area (Å²) in [5.74, 6) is -0.349. The summed E-state index contributed by atoms with van der Waals surface area (Å²) in [4.78, 5) is 14.7. The highest BCUT2D eigenvalue weighted by Gasteiger charge is 2.48. The smallest absolute Gasteiger partial charge is 0.174 e. The fraction of sp³-hybridized carbons (Fsp3) is 0.409. The molecule has 0 saturated carbocycles. The van der Waals surface area contributed by atoms with Gasteiger partial charge in [0.2, 0.25) is 0 Å². The molecule has 2 aromatic rings. The molecule has 132 valence electrons. The number of Topliss-reactive ketones (excluding diaryl/α,β-unsaturated/α-hetero) is 1. The Hall–Kier alpha value is -1.97. The Bertz CT molecular complexity index is 686. The van der Waals surface area contributed by atoms with Crippen molar-refractivity contribution in [3.05, 3.63) is 71.8 Å². The van der Waals surface area contributed by atoms with Gasteiger partial charge in [-0.15, -0.1) is 0 Å². The highest BCUT2D eigenvalue weighted by molar-refractivity contribution is 5.98. The van der Waals surface area contributed by atoms with Crippen LogP contribution < -0.4 is 4.90 Å². The van der Waals surface area contributed by atoms with Crippen molar-refractivity contribution < 1.29 is 14.8 Å². The molecular weight excluding hydrogens is 310 g/mol. The predicted octanol–water partition coefficient (Wildman–Crippen LogP) is 2.46. The van der Waals surface area contributed by atoms with Crippen LogP contribution in [-0.4, -0.2) is 30.5 Å². The van der Waals surface area contributed by atoms with Crippen LogP contribution in [0.25, 0.3) is 0 Å². The largest absolute Gasteiger partial charge is 0.384 e. The average Bonchev–Trinajstić information content (AvgIpc) is 2.68. The van der Waals surface area contributed by atoms with Crippen LogP contribution in [0.1, 0.15) is 42.1 Å². The van der Waals surface area contributed by atoms with Gasteiger partial charge in [0.05, 0.1) is 19.6 Å². The van der Waals surface area contributed by atoms with E-state index in [1.807, 2.05) is 60.7 Å². The van der Waals surface area contributed by atoms with E-state index >= 15 is 0 Å². The van der Waals surface area contributed by atoms with E-state index in [2.05, 4.69) is 6.92 Å². The van der Waals surface area contributed by atoms with Crippen molar-refractivity contribution in [3.63, 3.8) is 0 Å². The van der Waals surface area contributed by atoms with Gasteiger partial charge in [-0.1, -0.05) is 74.0 Å². The van der Waals surface area contributed by atoms with Crippen molar-refractivity contribution in [2.24, 2.45) is 5.92 Å². The van der Waals surface area contributed by atoms with Gasteiger partial charge in [0.15, 0.2) is 5.78 Å². The Morgan fingerprint density at radius 3 is 2.40 bits per heavy atom. The minimum Gasteiger partial charge on any atom is -0.384 e. The Morgan fingerprint density at radius 2 is 1.76 bits per heavy atom. The third kappa shape index (κ3) is 3.83. The first-order chi connectivity index (χ1) is 12.1. The molecule has 25 heavy (non-hydrogen) atoms. The molecule has 1 aliphatic rings. The third-order valence-electron chi connectivity index (χ3n) is 5.46. The minimum atomic E-state index is -1.08. The fourth-order valence-electron chi connectivity index (χ4n) is 3.94. The van der Waals surface area contributed by atoms with Crippen molar-refractivity contribution >= 4 is 5.78 Å². The number of quaternary nitrogens is 1. The maximum absolute atomic E-state index is 13.2. The van der Waals surface area contributed by atoms with Crippen molar-refractivity contribution in [1.29, 1.82) is 0 Å². The number of unbranched alkanes of at least 4 members (excludes halogenated alkanes) is 1. The maximum Gasteiger partial charge on any atom is 0.174 e. The molecular formula is C22H28NO2+. The molecule has 3 rings (SSSR count). The summed E-state index contributed by atoms with van der Waals surface area (Å²) in [6.45, 7) is 4.86. The van der Waals surface area contributed by atoms with Crippen molar-refractivity contribution in [2.75, 3.05) is 19.6 Å². The SMILES string of the molecule is CCCC[NH+]1CC[C@@](O)(c2ccccc2)[C@H](C(=O)c2ccccc2)C1. The lowest BCUT2D eigenvalue weighted by molar-refractivity contribution is -0.911. The zero-order valence-corrected chi connectivity index (χ0v) is 14.9. The van der Waals surface area contributed by atoms with Gasteiger partial charge in [0.1, 0.15) is 11.5 Å². The molecule has 0 radical (unpaired) electrons. The lowest BCUT2D eigenvalue weighted by Gasteiger charge is -2.42. The molecule has 1 heterocycles. The molecule has 3 heteroatoms. The Balaban J connectivity index is 1.92. The number of aliphatic hydroxyl groups is 1. The van der Waals surface area contributed by atoms with E-state index in [-0.39, 0.29) is 5.78 Å². The monoisotopic (exact) mass is 338 g/mol. The molecule has 1 saturated heterocycles. The fourth-order valence-corrected chi connectivity index (χ4v) is 3.94. The van der Waals surface area contributed by atoms with Crippen LogP contribution in [0.2, 0.25) is 0 Å².